The molecule has 7 N–H and O–H groups in total. The Morgan fingerprint density at radius 2 is 1.57 bits per heavy atom. The summed E-state index contributed by atoms with van der Waals surface area (Å²) in [4.78, 5) is 54.9. The topological polar surface area (TPSA) is 232 Å². The molecule has 3 aromatic heterocycles. The molecule has 9 rings (SSSR count). The van der Waals surface area contributed by atoms with Gasteiger partial charge in [-0.1, -0.05) is 18.6 Å². The number of benzene rings is 3. The van der Waals surface area contributed by atoms with Gasteiger partial charge in [-0.2, -0.15) is 13.2 Å². The molecule has 1 spiro atoms. The van der Waals surface area contributed by atoms with Gasteiger partial charge in [0, 0.05) is 60.3 Å². The highest BCUT2D eigenvalue weighted by molar-refractivity contribution is 7.80. The van der Waals surface area contributed by atoms with Crippen molar-refractivity contribution < 1.29 is 51.9 Å². The second kappa shape index (κ2) is 20.2. The Morgan fingerprint density at radius 3 is 2.22 bits per heavy atom. The summed E-state index contributed by atoms with van der Waals surface area (Å²) in [6.07, 6.45) is 0.0412. The molecule has 74 heavy (non-hydrogen) atoms. The van der Waals surface area contributed by atoms with Gasteiger partial charge in [0.2, 0.25) is 5.91 Å². The molecule has 0 aliphatic carbocycles. The number of carbonyl (C=O) groups is 2. The minimum atomic E-state index is -4.77. The van der Waals surface area contributed by atoms with E-state index < -0.39 is 46.2 Å². The van der Waals surface area contributed by atoms with Gasteiger partial charge in [-0.15, -0.1) is 0 Å². The molecule has 6 aromatic rings. The number of piperidine rings is 1. The summed E-state index contributed by atoms with van der Waals surface area (Å²) in [5, 5.41) is 27.0. The lowest BCUT2D eigenvalue weighted by molar-refractivity contribution is -0.176. The molecule has 3 aliphatic heterocycles. The van der Waals surface area contributed by atoms with Crippen LogP contribution in [0, 0.1) is 0 Å². The molecular formula is C52H56F3N9O9S. The standard InChI is InChI=1S/C52H56F3N9O9S/c1-49(2,50(3,4)71-23-17-57-47(74)59-31-9-12-35-34(24-31)46(68)73-51(35)36-13-10-32(65)25-39(36)72-40-26-33(66)11-14-37(40)51)70-22-16-43(67)63(21-20-62-18-6-5-7-19-62)42-15-8-30(28-58-42)29-64-38-27-41(52(53,54)55)60-45(56)44(38)61-48(64)69/h8-15,24-28,65-66H,5-7,16-23,29H2,1-4H3,(H2,56,60)(H,61,69)(H2,57,59,74). The number of nitrogens with one attached hydrogen (secondary N) is 3. The van der Waals surface area contributed by atoms with E-state index in [9.17, 15) is 37.8 Å². The number of H-pyrrole nitrogens is 1. The van der Waals surface area contributed by atoms with Gasteiger partial charge in [-0.25, -0.2) is 19.6 Å². The van der Waals surface area contributed by atoms with Crippen LogP contribution in [-0.4, -0.2) is 109 Å². The molecule has 0 radical (unpaired) electrons. The van der Waals surface area contributed by atoms with Crippen LogP contribution in [0.25, 0.3) is 11.0 Å². The van der Waals surface area contributed by atoms with Crippen LogP contribution in [0.3, 0.4) is 0 Å². The van der Waals surface area contributed by atoms with E-state index in [2.05, 4.69) is 30.5 Å². The monoisotopic (exact) mass is 1040 g/mol. The Labute approximate surface area is 428 Å². The minimum Gasteiger partial charge on any atom is -0.508 e. The molecule has 0 atom stereocenters. The van der Waals surface area contributed by atoms with E-state index in [-0.39, 0.29) is 71.2 Å². The molecule has 3 aliphatic rings. The number of pyridine rings is 2. The van der Waals surface area contributed by atoms with Crippen molar-refractivity contribution in [1.82, 2.24) is 29.7 Å². The smallest absolute Gasteiger partial charge is 0.433 e. The second-order valence-electron chi connectivity index (χ2n) is 19.4. The van der Waals surface area contributed by atoms with Gasteiger partial charge >= 0.3 is 17.8 Å². The van der Waals surface area contributed by atoms with Gasteiger partial charge in [0.05, 0.1) is 48.5 Å². The van der Waals surface area contributed by atoms with Crippen LogP contribution >= 0.6 is 12.2 Å². The van der Waals surface area contributed by atoms with Crippen LogP contribution in [0.2, 0.25) is 0 Å². The Kier molecular flexibility index (Phi) is 14.1. The van der Waals surface area contributed by atoms with Crippen molar-refractivity contribution in [3.05, 3.63) is 123 Å². The molecule has 0 unspecified atom stereocenters. The van der Waals surface area contributed by atoms with E-state index in [0.29, 0.717) is 59.0 Å². The Bertz CT molecular complexity index is 3140. The number of halogens is 3. The number of imidazole rings is 1. The number of amides is 1. The van der Waals surface area contributed by atoms with Crippen LogP contribution in [0.5, 0.6) is 23.0 Å². The number of phenols is 2. The number of esters is 1. The van der Waals surface area contributed by atoms with Crippen molar-refractivity contribution in [2.45, 2.75) is 82.9 Å². The maximum absolute atomic E-state index is 14.0. The largest absolute Gasteiger partial charge is 0.508 e. The normalized spacial score (nSPS) is 15.3. The SMILES string of the molecule is CC(C)(OCCNC(=S)Nc1ccc2c(c1)C(=O)OC21c2ccc(O)cc2Oc2cc(O)ccc21)C(C)(C)OCCC(=O)N(CCN1CCCCC1)c1ccc(Cn2c(=O)[nH]c3c(N)nc(C(F)(F)F)cc32)cn1. The van der Waals surface area contributed by atoms with Gasteiger partial charge in [0.1, 0.15) is 45.8 Å². The van der Waals surface area contributed by atoms with E-state index in [0.717, 1.165) is 43.0 Å². The third-order valence-corrected chi connectivity index (χ3v) is 14.3. The number of nitrogens with zero attached hydrogens (tertiary/aromatic N) is 5. The van der Waals surface area contributed by atoms with E-state index in [1.165, 1.54) is 30.5 Å². The lowest BCUT2D eigenvalue weighted by atomic mass is 9.77. The van der Waals surface area contributed by atoms with Crippen LogP contribution in [0.15, 0.2) is 83.8 Å². The number of phenolic OH excluding ortho intramolecular Hbond substituents is 2. The first kappa shape index (κ1) is 51.6. The van der Waals surface area contributed by atoms with Crippen molar-refractivity contribution in [2.24, 2.45) is 0 Å². The fourth-order valence-electron chi connectivity index (χ4n) is 9.43. The summed E-state index contributed by atoms with van der Waals surface area (Å²) in [5.41, 5.74) is 3.65. The zero-order valence-electron chi connectivity index (χ0n) is 41.1. The maximum Gasteiger partial charge on any atom is 0.433 e. The molecule has 18 nitrogen and oxygen atoms in total. The van der Waals surface area contributed by atoms with Crippen molar-refractivity contribution in [2.75, 3.05) is 61.9 Å². The average Bonchev–Trinajstić information content (AvgIpc) is 3.82. The van der Waals surface area contributed by atoms with Crippen LogP contribution in [0.1, 0.15) is 91.7 Å². The van der Waals surface area contributed by atoms with Crippen molar-refractivity contribution in [3.8, 4) is 23.0 Å². The number of hydrogen-bond acceptors (Lipinski definition) is 14. The average molecular weight is 1040 g/mol. The molecular weight excluding hydrogens is 984 g/mol. The van der Waals surface area contributed by atoms with Gasteiger partial charge < -0.3 is 55.4 Å². The van der Waals surface area contributed by atoms with Gasteiger partial charge in [-0.3, -0.25) is 14.3 Å². The van der Waals surface area contributed by atoms with Gasteiger partial charge in [-0.05, 0) is 120 Å². The van der Waals surface area contributed by atoms with E-state index >= 15 is 0 Å². The van der Waals surface area contributed by atoms with Crippen LogP contribution in [-0.2, 0) is 37.3 Å². The number of anilines is 3. The number of carbonyl (C=O) groups excluding carboxylic acids is 2. The number of nitrogens with two attached hydrogens (primary N) is 1. The number of alkyl halides is 3. The molecule has 0 saturated carbocycles. The first-order valence-electron chi connectivity index (χ1n) is 24.1. The summed E-state index contributed by atoms with van der Waals surface area (Å²) >= 11 is 5.61. The zero-order chi connectivity index (χ0) is 52.7. The zero-order valence-corrected chi connectivity index (χ0v) is 41.9. The van der Waals surface area contributed by atoms with Crippen molar-refractivity contribution >= 4 is 57.6 Å². The minimum absolute atomic E-state index is 0.00292. The van der Waals surface area contributed by atoms with Gasteiger partial charge in [0.25, 0.3) is 0 Å². The predicted octanol–water partition coefficient (Wildman–Crippen LogP) is 7.53. The number of ether oxygens (including phenoxy) is 4. The lowest BCUT2D eigenvalue weighted by Crippen LogP contribution is -2.51. The maximum atomic E-state index is 14.0. The highest BCUT2D eigenvalue weighted by Crippen LogP contribution is 2.57. The number of aromatic amines is 1. The highest BCUT2D eigenvalue weighted by Gasteiger charge is 2.54. The summed E-state index contributed by atoms with van der Waals surface area (Å²) < 4.78 is 66.7. The predicted molar refractivity (Wildman–Crippen MR) is 273 cm³/mol. The highest BCUT2D eigenvalue weighted by atomic mass is 32.1. The molecule has 3 aromatic carbocycles. The number of hydrogen-bond donors (Lipinski definition) is 6. The van der Waals surface area contributed by atoms with Crippen molar-refractivity contribution in [3.63, 3.8) is 0 Å². The number of aromatic nitrogens is 4. The number of aromatic hydroxyl groups is 2. The Hall–Kier alpha value is -7.27. The third-order valence-electron chi connectivity index (χ3n) is 14.0. The number of nitrogen functional groups attached to an aromatic ring is 1. The number of rotatable bonds is 16. The summed E-state index contributed by atoms with van der Waals surface area (Å²) in [7, 11) is 0. The summed E-state index contributed by atoms with van der Waals surface area (Å²) in [5.74, 6) is -0.400. The Morgan fingerprint density at radius 1 is 0.905 bits per heavy atom. The number of likely N-dealkylation sites (tertiary alicyclic amines) is 1. The van der Waals surface area contributed by atoms with E-state index in [4.69, 9.17) is 36.9 Å². The molecule has 0 bridgehead atoms. The van der Waals surface area contributed by atoms with E-state index in [1.54, 1.807) is 47.4 Å². The second-order valence-corrected chi connectivity index (χ2v) is 19.8. The fraction of sp³-hybridized carbons (Fsp3) is 0.385. The molecule has 1 fully saturated rings. The van der Waals surface area contributed by atoms with E-state index in [1.807, 2.05) is 27.7 Å². The van der Waals surface area contributed by atoms with Crippen LogP contribution < -0.4 is 31.7 Å². The molecule has 1 amide bonds. The molecule has 390 valence electrons. The van der Waals surface area contributed by atoms with Crippen LogP contribution in [0.4, 0.5) is 30.5 Å². The lowest BCUT2D eigenvalue weighted by Gasteiger charge is -2.41. The van der Waals surface area contributed by atoms with Crippen molar-refractivity contribution in [1.29, 1.82) is 0 Å². The fourth-order valence-corrected chi connectivity index (χ4v) is 9.65. The number of fused-ring (bicyclic) bond motifs is 7. The first-order valence-corrected chi connectivity index (χ1v) is 24.5. The number of thiocarbonyl (C=S) groups is 1. The summed E-state index contributed by atoms with van der Waals surface area (Å²) in [6.45, 7) is 10.9. The van der Waals surface area contributed by atoms with Gasteiger partial charge in [0.15, 0.2) is 10.7 Å². The third kappa shape index (κ3) is 10.3. The summed E-state index contributed by atoms with van der Waals surface area (Å²) in [6, 6.07) is 18.4. The molecule has 22 heteroatoms. The quantitative estimate of drug-likeness (QED) is 0.0312. The Balaban J connectivity index is 0.791. The molecule has 1 saturated heterocycles. The molecule has 6 heterocycles. The first-order chi connectivity index (χ1) is 35.1.